The van der Waals surface area contributed by atoms with Gasteiger partial charge in [0.15, 0.2) is 5.82 Å². The lowest BCUT2D eigenvalue weighted by Crippen LogP contribution is -2.12. The number of benzene rings is 2. The molecule has 10 nitrogen and oxygen atoms in total. The molecular formula is C23H20N6O4. The summed E-state index contributed by atoms with van der Waals surface area (Å²) in [5, 5.41) is 18.1. The van der Waals surface area contributed by atoms with Crippen LogP contribution in [0.15, 0.2) is 60.7 Å². The predicted octanol–water partition coefficient (Wildman–Crippen LogP) is 4.54. The zero-order valence-electron chi connectivity index (χ0n) is 18.1. The lowest BCUT2D eigenvalue weighted by atomic mass is 10.2. The van der Waals surface area contributed by atoms with E-state index in [2.05, 4.69) is 20.4 Å². The summed E-state index contributed by atoms with van der Waals surface area (Å²) in [6.45, 7) is 5.63. The maximum atomic E-state index is 12.4. The molecule has 1 N–H and O–H groups in total. The summed E-state index contributed by atoms with van der Waals surface area (Å²) in [7, 11) is 0. The number of aromatic nitrogens is 4. The Labute approximate surface area is 189 Å². The zero-order valence-corrected chi connectivity index (χ0v) is 18.1. The van der Waals surface area contributed by atoms with Crippen molar-refractivity contribution >= 4 is 17.3 Å². The number of hydrogen-bond acceptors (Lipinski definition) is 7. The van der Waals surface area contributed by atoms with E-state index in [0.717, 1.165) is 11.4 Å². The number of aryl methyl sites for hydroxylation is 3. The molecular weight excluding hydrogens is 424 g/mol. The van der Waals surface area contributed by atoms with Crippen LogP contribution in [-0.4, -0.2) is 30.6 Å². The molecule has 33 heavy (non-hydrogen) atoms. The molecule has 0 unspecified atom stereocenters. The number of carbonyl (C=O) groups is 1. The minimum atomic E-state index is -0.544. The predicted molar refractivity (Wildman–Crippen MR) is 121 cm³/mol. The van der Waals surface area contributed by atoms with Gasteiger partial charge in [0.2, 0.25) is 5.88 Å². The van der Waals surface area contributed by atoms with E-state index in [-0.39, 0.29) is 11.3 Å². The van der Waals surface area contributed by atoms with Crippen LogP contribution >= 0.6 is 0 Å². The molecule has 4 rings (SSSR count). The second kappa shape index (κ2) is 8.87. The third kappa shape index (κ3) is 5.01. The first-order valence-corrected chi connectivity index (χ1v) is 10.0. The van der Waals surface area contributed by atoms with Crippen molar-refractivity contribution in [3.8, 4) is 17.4 Å². The number of rotatable bonds is 6. The molecule has 1 amide bonds. The van der Waals surface area contributed by atoms with E-state index < -0.39 is 10.8 Å². The minimum Gasteiger partial charge on any atom is -0.439 e. The maximum Gasteiger partial charge on any atom is 0.270 e. The zero-order chi connectivity index (χ0) is 23.5. The number of carbonyl (C=O) groups excluding carboxylic acids is 1. The van der Waals surface area contributed by atoms with Gasteiger partial charge in [0.1, 0.15) is 11.6 Å². The summed E-state index contributed by atoms with van der Waals surface area (Å²) in [4.78, 5) is 31.5. The van der Waals surface area contributed by atoms with Crippen molar-refractivity contribution in [2.45, 2.75) is 20.8 Å². The number of amides is 1. The van der Waals surface area contributed by atoms with Crippen LogP contribution in [0, 0.1) is 30.9 Å². The Balaban J connectivity index is 1.48. The third-order valence-corrected chi connectivity index (χ3v) is 4.68. The van der Waals surface area contributed by atoms with Crippen LogP contribution in [0.3, 0.4) is 0 Å². The Morgan fingerprint density at radius 1 is 1.03 bits per heavy atom. The summed E-state index contributed by atoms with van der Waals surface area (Å²) in [5.41, 5.74) is 2.39. The van der Waals surface area contributed by atoms with Gasteiger partial charge in [0.25, 0.3) is 11.6 Å². The van der Waals surface area contributed by atoms with Crippen molar-refractivity contribution < 1.29 is 14.5 Å². The van der Waals surface area contributed by atoms with E-state index in [1.807, 2.05) is 19.9 Å². The Morgan fingerprint density at radius 3 is 2.45 bits per heavy atom. The molecule has 0 spiro atoms. The van der Waals surface area contributed by atoms with Gasteiger partial charge in [0, 0.05) is 35.1 Å². The van der Waals surface area contributed by atoms with Gasteiger partial charge < -0.3 is 10.1 Å². The molecule has 0 bridgehead atoms. The van der Waals surface area contributed by atoms with Crippen LogP contribution in [0.5, 0.6) is 11.6 Å². The molecule has 0 aliphatic heterocycles. The number of anilines is 1. The number of non-ortho nitro benzene ring substituents is 1. The number of nitro groups is 1. The van der Waals surface area contributed by atoms with Gasteiger partial charge in [-0.3, -0.25) is 14.9 Å². The number of hydrogen-bond donors (Lipinski definition) is 1. The molecule has 0 fully saturated rings. The topological polar surface area (TPSA) is 125 Å². The van der Waals surface area contributed by atoms with Gasteiger partial charge in [-0.25, -0.2) is 9.67 Å². The number of nitrogens with zero attached hydrogens (tertiary/aromatic N) is 5. The maximum absolute atomic E-state index is 12.4. The quantitative estimate of drug-likeness (QED) is 0.342. The van der Waals surface area contributed by atoms with Crippen LogP contribution in [0.4, 0.5) is 11.4 Å². The lowest BCUT2D eigenvalue weighted by molar-refractivity contribution is -0.384. The molecule has 4 aromatic rings. The molecule has 2 aromatic heterocycles. The van der Waals surface area contributed by atoms with Crippen LogP contribution in [-0.2, 0) is 0 Å². The van der Waals surface area contributed by atoms with Gasteiger partial charge >= 0.3 is 0 Å². The Bertz CT molecular complexity index is 1350. The molecule has 0 atom stereocenters. The first kappa shape index (κ1) is 21.6. The summed E-state index contributed by atoms with van der Waals surface area (Å²) < 4.78 is 7.60. The number of ether oxygens (including phenoxy) is 1. The van der Waals surface area contributed by atoms with Crippen molar-refractivity contribution in [3.05, 3.63) is 93.6 Å². The molecule has 10 heteroatoms. The first-order chi connectivity index (χ1) is 15.8. The highest BCUT2D eigenvalue weighted by molar-refractivity contribution is 6.04. The van der Waals surface area contributed by atoms with E-state index in [1.54, 1.807) is 41.9 Å². The molecule has 0 aliphatic carbocycles. The van der Waals surface area contributed by atoms with E-state index in [1.165, 1.54) is 24.3 Å². The lowest BCUT2D eigenvalue weighted by Gasteiger charge is -2.10. The fourth-order valence-electron chi connectivity index (χ4n) is 3.24. The Kier molecular flexibility index (Phi) is 5.81. The van der Waals surface area contributed by atoms with Crippen LogP contribution < -0.4 is 10.1 Å². The average molecular weight is 444 g/mol. The largest absolute Gasteiger partial charge is 0.439 e. The molecule has 0 aliphatic rings. The van der Waals surface area contributed by atoms with E-state index >= 15 is 0 Å². The molecule has 0 radical (unpaired) electrons. The standard InChI is InChI=1S/C23H20N6O4/c1-14-11-15(2)28(27-14)21-13-22(25-16(3)24-21)33-20-9-7-18(8-10-20)26-23(30)17-5-4-6-19(12-17)29(31)32/h4-13H,1-3H3,(H,26,30). The molecule has 166 valence electrons. The molecule has 2 aromatic carbocycles. The van der Waals surface area contributed by atoms with Gasteiger partial charge in [-0.1, -0.05) is 6.07 Å². The second-order valence-electron chi connectivity index (χ2n) is 7.34. The van der Waals surface area contributed by atoms with Crippen LogP contribution in [0.2, 0.25) is 0 Å². The Hall–Kier alpha value is -4.60. The number of nitrogens with one attached hydrogen (secondary N) is 1. The number of nitro benzene ring substituents is 1. The van der Waals surface area contributed by atoms with Crippen molar-refractivity contribution in [1.29, 1.82) is 0 Å². The van der Waals surface area contributed by atoms with Crippen molar-refractivity contribution in [1.82, 2.24) is 19.7 Å². The first-order valence-electron chi connectivity index (χ1n) is 10.0. The summed E-state index contributed by atoms with van der Waals surface area (Å²) in [6.07, 6.45) is 0. The van der Waals surface area contributed by atoms with Crippen molar-refractivity contribution in [2.75, 3.05) is 5.32 Å². The van der Waals surface area contributed by atoms with Gasteiger partial charge in [0.05, 0.1) is 10.6 Å². The van der Waals surface area contributed by atoms with Gasteiger partial charge in [-0.2, -0.15) is 10.1 Å². The van der Waals surface area contributed by atoms with E-state index in [9.17, 15) is 14.9 Å². The molecule has 0 saturated heterocycles. The van der Waals surface area contributed by atoms with Crippen LogP contribution in [0.1, 0.15) is 27.6 Å². The Morgan fingerprint density at radius 2 is 1.79 bits per heavy atom. The fourth-order valence-corrected chi connectivity index (χ4v) is 3.24. The summed E-state index contributed by atoms with van der Waals surface area (Å²) >= 11 is 0. The summed E-state index contributed by atoms with van der Waals surface area (Å²) in [5.74, 6) is 1.56. The van der Waals surface area contributed by atoms with Crippen molar-refractivity contribution in [3.63, 3.8) is 0 Å². The smallest absolute Gasteiger partial charge is 0.270 e. The van der Waals surface area contributed by atoms with E-state index in [0.29, 0.717) is 29.0 Å². The fraction of sp³-hybridized carbons (Fsp3) is 0.130. The highest BCUT2D eigenvalue weighted by Gasteiger charge is 2.13. The minimum absolute atomic E-state index is 0.147. The third-order valence-electron chi connectivity index (χ3n) is 4.68. The molecule has 2 heterocycles. The molecule has 0 saturated carbocycles. The van der Waals surface area contributed by atoms with E-state index in [4.69, 9.17) is 4.74 Å². The van der Waals surface area contributed by atoms with Crippen molar-refractivity contribution in [2.24, 2.45) is 0 Å². The van der Waals surface area contributed by atoms with Crippen LogP contribution in [0.25, 0.3) is 5.82 Å². The summed E-state index contributed by atoms with van der Waals surface area (Å²) in [6, 6.07) is 15.9. The SMILES string of the molecule is Cc1cc(C)n(-c2cc(Oc3ccc(NC(=O)c4cccc([N+](=O)[O-])c4)cc3)nc(C)n2)n1. The normalized spacial score (nSPS) is 10.6. The monoisotopic (exact) mass is 444 g/mol. The second-order valence-corrected chi connectivity index (χ2v) is 7.34. The van der Waals surface area contributed by atoms with Gasteiger partial charge in [-0.05, 0) is 57.2 Å². The van der Waals surface area contributed by atoms with Gasteiger partial charge in [-0.15, -0.1) is 0 Å². The average Bonchev–Trinajstić information content (AvgIpc) is 3.12. The highest BCUT2D eigenvalue weighted by atomic mass is 16.6. The highest BCUT2D eigenvalue weighted by Crippen LogP contribution is 2.24.